The van der Waals surface area contributed by atoms with Crippen LogP contribution in [0.15, 0.2) is 65.5 Å². The van der Waals surface area contributed by atoms with Crippen LogP contribution in [0.1, 0.15) is 0 Å². The fourth-order valence-corrected chi connectivity index (χ4v) is 2.61. The summed E-state index contributed by atoms with van der Waals surface area (Å²) in [5.41, 5.74) is 0.350. The molecule has 0 spiro atoms. The highest BCUT2D eigenvalue weighted by Crippen LogP contribution is 2.29. The van der Waals surface area contributed by atoms with Crippen molar-refractivity contribution in [1.82, 2.24) is 9.78 Å². The number of nitrogens with zero attached hydrogens (tertiary/aromatic N) is 2. The number of anilines is 1. The number of methoxy groups -OCH3 is 1. The van der Waals surface area contributed by atoms with Crippen LogP contribution in [-0.4, -0.2) is 29.2 Å². The van der Waals surface area contributed by atoms with Crippen LogP contribution in [0.5, 0.6) is 11.5 Å². The minimum atomic E-state index is -4.91. The summed E-state index contributed by atoms with van der Waals surface area (Å²) >= 11 is 0. The molecule has 0 bridgehead atoms. The van der Waals surface area contributed by atoms with E-state index in [1.54, 1.807) is 24.3 Å². The second kappa shape index (κ2) is 8.68. The first-order valence-electron chi connectivity index (χ1n) is 8.62. The molecule has 7 nitrogen and oxygen atoms in total. The van der Waals surface area contributed by atoms with Gasteiger partial charge in [-0.15, -0.1) is 13.2 Å². The Labute approximate surface area is 168 Å². The van der Waals surface area contributed by atoms with Crippen molar-refractivity contribution in [1.29, 1.82) is 0 Å². The summed E-state index contributed by atoms with van der Waals surface area (Å²) in [6.07, 6.45) is -4.91. The van der Waals surface area contributed by atoms with Gasteiger partial charge in [-0.05, 0) is 30.3 Å². The second-order valence-electron chi connectivity index (χ2n) is 6.04. The number of alkyl halides is 3. The molecule has 0 aliphatic rings. The molecule has 156 valence electrons. The van der Waals surface area contributed by atoms with Crippen molar-refractivity contribution in [2.45, 2.75) is 12.9 Å². The van der Waals surface area contributed by atoms with Crippen LogP contribution in [0.2, 0.25) is 0 Å². The molecule has 0 atom stereocenters. The number of para-hydroxylation sites is 2. The third-order valence-corrected chi connectivity index (χ3v) is 3.91. The average Bonchev–Trinajstić information content (AvgIpc) is 2.70. The number of benzene rings is 2. The van der Waals surface area contributed by atoms with E-state index in [-0.39, 0.29) is 5.69 Å². The predicted octanol–water partition coefficient (Wildman–Crippen LogP) is 3.46. The van der Waals surface area contributed by atoms with Gasteiger partial charge in [-0.2, -0.15) is 5.10 Å². The van der Waals surface area contributed by atoms with E-state index in [1.165, 1.54) is 37.4 Å². The molecular weight excluding hydrogens is 403 g/mol. The van der Waals surface area contributed by atoms with Gasteiger partial charge in [0.15, 0.2) is 5.75 Å². The Morgan fingerprint density at radius 2 is 1.87 bits per heavy atom. The monoisotopic (exact) mass is 419 g/mol. The zero-order chi connectivity index (χ0) is 21.7. The van der Waals surface area contributed by atoms with E-state index < -0.39 is 30.1 Å². The minimum absolute atomic E-state index is 0.183. The molecule has 0 unspecified atom stereocenters. The maximum atomic E-state index is 12.5. The fraction of sp³-hybridized carbons (Fsp3) is 0.150. The Morgan fingerprint density at radius 1 is 1.10 bits per heavy atom. The Bertz CT molecular complexity index is 1110. The molecule has 10 heteroatoms. The van der Waals surface area contributed by atoms with E-state index in [2.05, 4.69) is 15.2 Å². The van der Waals surface area contributed by atoms with Gasteiger partial charge in [-0.25, -0.2) is 4.68 Å². The lowest BCUT2D eigenvalue weighted by atomic mass is 10.1. The largest absolute Gasteiger partial charge is 0.573 e. The number of carbonyl (C=O) groups is 1. The lowest BCUT2D eigenvalue weighted by molar-refractivity contribution is -0.274. The summed E-state index contributed by atoms with van der Waals surface area (Å²) in [7, 11) is 1.51. The molecule has 0 saturated heterocycles. The Kier molecular flexibility index (Phi) is 6.05. The lowest BCUT2D eigenvalue weighted by Gasteiger charge is -2.14. The molecule has 3 rings (SSSR count). The Hall–Kier alpha value is -3.82. The van der Waals surface area contributed by atoms with Gasteiger partial charge in [0.1, 0.15) is 12.3 Å². The zero-order valence-electron chi connectivity index (χ0n) is 15.6. The van der Waals surface area contributed by atoms with Gasteiger partial charge in [0.05, 0.1) is 18.5 Å². The van der Waals surface area contributed by atoms with Gasteiger partial charge < -0.3 is 14.8 Å². The van der Waals surface area contributed by atoms with Crippen molar-refractivity contribution < 1.29 is 27.4 Å². The Morgan fingerprint density at radius 3 is 2.60 bits per heavy atom. The van der Waals surface area contributed by atoms with E-state index in [0.717, 1.165) is 10.7 Å². The van der Waals surface area contributed by atoms with E-state index in [9.17, 15) is 22.8 Å². The minimum Gasteiger partial charge on any atom is -0.497 e. The molecule has 2 aromatic carbocycles. The molecule has 0 fully saturated rings. The van der Waals surface area contributed by atoms with Crippen molar-refractivity contribution >= 4 is 11.6 Å². The fourth-order valence-electron chi connectivity index (χ4n) is 2.61. The highest BCUT2D eigenvalue weighted by atomic mass is 19.4. The van der Waals surface area contributed by atoms with Crippen LogP contribution in [-0.2, 0) is 11.3 Å². The maximum absolute atomic E-state index is 12.5. The first-order chi connectivity index (χ1) is 14.2. The van der Waals surface area contributed by atoms with Crippen molar-refractivity contribution in [2.24, 2.45) is 0 Å². The summed E-state index contributed by atoms with van der Waals surface area (Å²) < 4.78 is 47.5. The molecule has 0 saturated carbocycles. The van der Waals surface area contributed by atoms with Crippen LogP contribution >= 0.6 is 0 Å². The molecular formula is C20H16F3N3O4. The van der Waals surface area contributed by atoms with Gasteiger partial charge in [0.2, 0.25) is 5.91 Å². The van der Waals surface area contributed by atoms with Crippen LogP contribution < -0.4 is 20.3 Å². The molecule has 1 N–H and O–H groups in total. The molecule has 3 aromatic rings. The maximum Gasteiger partial charge on any atom is 0.573 e. The molecule has 0 aliphatic carbocycles. The third kappa shape index (κ3) is 5.37. The van der Waals surface area contributed by atoms with Crippen molar-refractivity contribution in [3.05, 3.63) is 71.0 Å². The van der Waals surface area contributed by atoms with Gasteiger partial charge in [0, 0.05) is 11.6 Å². The van der Waals surface area contributed by atoms with E-state index >= 15 is 0 Å². The zero-order valence-corrected chi connectivity index (χ0v) is 15.6. The number of amides is 1. The highest BCUT2D eigenvalue weighted by Gasteiger charge is 2.32. The molecule has 1 aromatic heterocycles. The van der Waals surface area contributed by atoms with Crippen LogP contribution in [0.4, 0.5) is 18.9 Å². The number of hydrogen-bond donors (Lipinski definition) is 1. The molecule has 1 amide bonds. The number of nitrogens with one attached hydrogen (secondary N) is 1. The molecule has 0 radical (unpaired) electrons. The highest BCUT2D eigenvalue weighted by molar-refractivity contribution is 5.92. The molecule has 0 aliphatic heterocycles. The van der Waals surface area contributed by atoms with Gasteiger partial charge in [0.25, 0.3) is 5.56 Å². The average molecular weight is 419 g/mol. The second-order valence-corrected chi connectivity index (χ2v) is 6.04. The predicted molar refractivity (Wildman–Crippen MR) is 102 cm³/mol. The normalized spacial score (nSPS) is 11.1. The van der Waals surface area contributed by atoms with Crippen molar-refractivity contribution in [3.8, 4) is 22.8 Å². The number of ether oxygens (including phenoxy) is 2. The van der Waals surface area contributed by atoms with Gasteiger partial charge in [-0.1, -0.05) is 24.3 Å². The van der Waals surface area contributed by atoms with Crippen molar-refractivity contribution in [3.63, 3.8) is 0 Å². The molecule has 1 heterocycles. The third-order valence-electron chi connectivity index (χ3n) is 3.91. The number of hydrogen-bond acceptors (Lipinski definition) is 5. The smallest absolute Gasteiger partial charge is 0.497 e. The van der Waals surface area contributed by atoms with Crippen LogP contribution in [0, 0.1) is 0 Å². The van der Waals surface area contributed by atoms with E-state index in [4.69, 9.17) is 4.74 Å². The van der Waals surface area contributed by atoms with Gasteiger partial charge >= 0.3 is 6.36 Å². The summed E-state index contributed by atoms with van der Waals surface area (Å²) in [6.45, 7) is -0.503. The standard InChI is InChI=1S/C20H16F3N3O4/c1-29-14-6-4-5-13(11-14)15-9-10-19(28)26(25-15)12-18(27)24-16-7-2-3-8-17(16)30-20(21,22)23/h2-11H,12H2,1H3,(H,24,27). The van der Waals surface area contributed by atoms with E-state index in [1.807, 2.05) is 0 Å². The lowest BCUT2D eigenvalue weighted by Crippen LogP contribution is -2.29. The first-order valence-corrected chi connectivity index (χ1v) is 8.62. The summed E-state index contributed by atoms with van der Waals surface area (Å²) in [6, 6.07) is 14.8. The molecule has 30 heavy (non-hydrogen) atoms. The SMILES string of the molecule is COc1cccc(-c2ccc(=O)n(CC(=O)Nc3ccccc3OC(F)(F)F)n2)c1. The summed E-state index contributed by atoms with van der Waals surface area (Å²) in [4.78, 5) is 24.4. The van der Waals surface area contributed by atoms with Crippen LogP contribution in [0.25, 0.3) is 11.3 Å². The van der Waals surface area contributed by atoms with Gasteiger partial charge in [-0.3, -0.25) is 9.59 Å². The number of aromatic nitrogens is 2. The first kappa shape index (κ1) is 20.9. The summed E-state index contributed by atoms with van der Waals surface area (Å²) in [5, 5.41) is 6.46. The summed E-state index contributed by atoms with van der Waals surface area (Å²) in [5.74, 6) is -0.722. The number of halogens is 3. The van der Waals surface area contributed by atoms with Crippen molar-refractivity contribution in [2.75, 3.05) is 12.4 Å². The quantitative estimate of drug-likeness (QED) is 0.662. The number of carbonyl (C=O) groups excluding carboxylic acids is 1. The number of rotatable bonds is 6. The van der Waals surface area contributed by atoms with E-state index in [0.29, 0.717) is 17.0 Å². The topological polar surface area (TPSA) is 82.5 Å². The Balaban J connectivity index is 1.80. The van der Waals surface area contributed by atoms with Crippen LogP contribution in [0.3, 0.4) is 0 Å².